The molecular weight excluding hydrogens is 468 g/mol. The lowest BCUT2D eigenvalue weighted by atomic mass is 10.2. The molecule has 34 heavy (non-hydrogen) atoms. The Morgan fingerprint density at radius 1 is 1.15 bits per heavy atom. The molecule has 9 heteroatoms. The third-order valence-corrected chi connectivity index (χ3v) is 8.32. The van der Waals surface area contributed by atoms with Gasteiger partial charge in [-0.15, -0.1) is 22.7 Å². The van der Waals surface area contributed by atoms with Gasteiger partial charge in [-0.05, 0) is 55.7 Å². The van der Waals surface area contributed by atoms with Gasteiger partial charge in [0, 0.05) is 49.6 Å². The summed E-state index contributed by atoms with van der Waals surface area (Å²) in [5.41, 5.74) is 3.07. The number of benzene rings is 1. The molecule has 0 bridgehead atoms. The number of methoxy groups -OCH3 is 1. The summed E-state index contributed by atoms with van der Waals surface area (Å²) >= 11 is 3.04. The predicted octanol–water partition coefficient (Wildman–Crippen LogP) is 4.50. The number of aromatic nitrogens is 1. The second kappa shape index (κ2) is 9.85. The number of hydrogen-bond donors (Lipinski definition) is 1. The summed E-state index contributed by atoms with van der Waals surface area (Å²) in [5.74, 6) is 1.13. The molecule has 178 valence electrons. The molecule has 0 unspecified atom stereocenters. The molecule has 0 atom stereocenters. The number of thiazole rings is 1. The Kier molecular flexibility index (Phi) is 6.67. The van der Waals surface area contributed by atoms with Crippen LogP contribution in [0.2, 0.25) is 0 Å². The number of carbonyl (C=O) groups is 2. The van der Waals surface area contributed by atoms with Gasteiger partial charge in [-0.1, -0.05) is 0 Å². The fourth-order valence-corrected chi connectivity index (χ4v) is 5.91. The van der Waals surface area contributed by atoms with Gasteiger partial charge in [-0.3, -0.25) is 14.5 Å². The van der Waals surface area contributed by atoms with E-state index in [0.717, 1.165) is 69.9 Å². The van der Waals surface area contributed by atoms with E-state index in [0.29, 0.717) is 13.1 Å². The van der Waals surface area contributed by atoms with Crippen molar-refractivity contribution in [1.29, 1.82) is 0 Å². The van der Waals surface area contributed by atoms with E-state index < -0.39 is 0 Å². The van der Waals surface area contributed by atoms with Crippen molar-refractivity contribution in [3.05, 3.63) is 51.8 Å². The molecule has 3 heterocycles. The van der Waals surface area contributed by atoms with E-state index >= 15 is 0 Å². The molecule has 2 aromatic heterocycles. The zero-order chi connectivity index (χ0) is 23.7. The van der Waals surface area contributed by atoms with Crippen LogP contribution in [0, 0.1) is 12.8 Å². The Morgan fingerprint density at radius 3 is 2.56 bits per heavy atom. The standard InChI is InChI=1S/C25H28N4O3S2/c1-16-13-21(27-23(30)17-3-4-17)34-22(16)25(31)29-11-9-28(10-12-29)14-19-15-33-24(26-19)18-5-7-20(32-2)8-6-18/h5-8,13,15,17H,3-4,9-12,14H2,1-2H3,(H,27,30). The molecule has 1 saturated carbocycles. The number of rotatable bonds is 7. The van der Waals surface area contributed by atoms with E-state index in [-0.39, 0.29) is 17.7 Å². The summed E-state index contributed by atoms with van der Waals surface area (Å²) in [6, 6.07) is 9.87. The van der Waals surface area contributed by atoms with Crippen LogP contribution < -0.4 is 10.1 Å². The van der Waals surface area contributed by atoms with E-state index in [1.165, 1.54) is 11.3 Å². The maximum atomic E-state index is 13.1. The van der Waals surface area contributed by atoms with Crippen LogP contribution in [-0.2, 0) is 11.3 Å². The van der Waals surface area contributed by atoms with Crippen molar-refractivity contribution in [3.63, 3.8) is 0 Å². The highest BCUT2D eigenvalue weighted by atomic mass is 32.1. The smallest absolute Gasteiger partial charge is 0.264 e. The first-order valence-corrected chi connectivity index (χ1v) is 13.2. The van der Waals surface area contributed by atoms with Gasteiger partial charge < -0.3 is 15.0 Å². The minimum atomic E-state index is 0.0597. The number of aryl methyl sites for hydroxylation is 1. The second-order valence-electron chi connectivity index (χ2n) is 8.83. The lowest BCUT2D eigenvalue weighted by Crippen LogP contribution is -2.48. The molecule has 2 fully saturated rings. The van der Waals surface area contributed by atoms with Crippen molar-refractivity contribution in [3.8, 4) is 16.3 Å². The fraction of sp³-hybridized carbons (Fsp3) is 0.400. The topological polar surface area (TPSA) is 74.8 Å². The molecule has 1 aliphatic carbocycles. The number of thiophene rings is 1. The van der Waals surface area contributed by atoms with Crippen LogP contribution in [0.4, 0.5) is 5.00 Å². The SMILES string of the molecule is COc1ccc(-c2nc(CN3CCN(C(=O)c4sc(NC(=O)C5CC5)cc4C)CC3)cs2)cc1. The predicted molar refractivity (Wildman–Crippen MR) is 136 cm³/mol. The Labute approximate surface area is 207 Å². The van der Waals surface area contributed by atoms with E-state index in [1.807, 2.05) is 42.2 Å². The molecule has 2 amide bonds. The highest BCUT2D eigenvalue weighted by molar-refractivity contribution is 7.18. The number of anilines is 1. The van der Waals surface area contributed by atoms with Crippen LogP contribution in [0.1, 0.15) is 33.8 Å². The van der Waals surface area contributed by atoms with Crippen molar-refractivity contribution in [1.82, 2.24) is 14.8 Å². The molecule has 2 aliphatic rings. The number of nitrogens with zero attached hydrogens (tertiary/aromatic N) is 3. The summed E-state index contributed by atoms with van der Waals surface area (Å²) in [7, 11) is 1.66. The number of piperazine rings is 1. The number of ether oxygens (including phenoxy) is 1. The highest BCUT2D eigenvalue weighted by Gasteiger charge is 2.31. The van der Waals surface area contributed by atoms with Crippen LogP contribution in [0.15, 0.2) is 35.7 Å². The van der Waals surface area contributed by atoms with Crippen molar-refractivity contribution in [2.24, 2.45) is 5.92 Å². The lowest BCUT2D eigenvalue weighted by Gasteiger charge is -2.34. The molecule has 1 aromatic carbocycles. The van der Waals surface area contributed by atoms with Crippen LogP contribution in [0.5, 0.6) is 5.75 Å². The van der Waals surface area contributed by atoms with Gasteiger partial charge in [0.25, 0.3) is 5.91 Å². The van der Waals surface area contributed by atoms with Crippen molar-refractivity contribution in [2.45, 2.75) is 26.3 Å². The minimum Gasteiger partial charge on any atom is -0.497 e. The summed E-state index contributed by atoms with van der Waals surface area (Å²) in [6.07, 6.45) is 1.94. The molecule has 5 rings (SSSR count). The lowest BCUT2D eigenvalue weighted by molar-refractivity contribution is -0.117. The normalized spacial score (nSPS) is 16.5. The van der Waals surface area contributed by atoms with Gasteiger partial charge in [0.15, 0.2) is 0 Å². The summed E-state index contributed by atoms with van der Waals surface area (Å²) in [6.45, 7) is 5.73. The van der Waals surface area contributed by atoms with Gasteiger partial charge in [0.1, 0.15) is 10.8 Å². The number of nitrogens with one attached hydrogen (secondary N) is 1. The number of amides is 2. The first-order valence-electron chi connectivity index (χ1n) is 11.5. The second-order valence-corrected chi connectivity index (χ2v) is 10.7. The van der Waals surface area contributed by atoms with Crippen molar-refractivity contribution >= 4 is 39.5 Å². The highest BCUT2D eigenvalue weighted by Crippen LogP contribution is 2.33. The molecule has 0 spiro atoms. The Hall–Kier alpha value is -2.75. The van der Waals surface area contributed by atoms with E-state index in [4.69, 9.17) is 9.72 Å². The molecule has 7 nitrogen and oxygen atoms in total. The van der Waals surface area contributed by atoms with Crippen LogP contribution in [0.3, 0.4) is 0 Å². The first-order chi connectivity index (χ1) is 16.5. The quantitative estimate of drug-likeness (QED) is 0.522. The Bertz CT molecular complexity index is 1180. The largest absolute Gasteiger partial charge is 0.497 e. The van der Waals surface area contributed by atoms with E-state index in [2.05, 4.69) is 15.6 Å². The zero-order valence-corrected chi connectivity index (χ0v) is 21.0. The van der Waals surface area contributed by atoms with Gasteiger partial charge in [0.05, 0.1) is 22.7 Å². The number of hydrogen-bond acceptors (Lipinski definition) is 7. The summed E-state index contributed by atoms with van der Waals surface area (Å²) in [5, 5.41) is 6.85. The van der Waals surface area contributed by atoms with Crippen molar-refractivity contribution in [2.75, 3.05) is 38.6 Å². The Balaban J connectivity index is 1.14. The summed E-state index contributed by atoms with van der Waals surface area (Å²) in [4.78, 5) is 35.0. The fourth-order valence-electron chi connectivity index (χ4n) is 4.05. The van der Waals surface area contributed by atoms with Crippen molar-refractivity contribution < 1.29 is 14.3 Å². The van der Waals surface area contributed by atoms with Gasteiger partial charge in [-0.25, -0.2) is 4.98 Å². The molecular formula is C25H28N4O3S2. The average Bonchev–Trinajstić information content (AvgIpc) is 3.51. The first kappa shape index (κ1) is 23.0. The third kappa shape index (κ3) is 5.16. The molecule has 1 aliphatic heterocycles. The number of carbonyl (C=O) groups excluding carboxylic acids is 2. The maximum absolute atomic E-state index is 13.1. The van der Waals surface area contributed by atoms with Crippen LogP contribution in [-0.4, -0.2) is 59.9 Å². The average molecular weight is 497 g/mol. The van der Waals surface area contributed by atoms with E-state index in [9.17, 15) is 9.59 Å². The Morgan fingerprint density at radius 2 is 1.88 bits per heavy atom. The van der Waals surface area contributed by atoms with Crippen LogP contribution >= 0.6 is 22.7 Å². The zero-order valence-electron chi connectivity index (χ0n) is 19.4. The van der Waals surface area contributed by atoms with Crippen LogP contribution in [0.25, 0.3) is 10.6 Å². The van der Waals surface area contributed by atoms with Gasteiger partial charge >= 0.3 is 0 Å². The molecule has 1 N–H and O–H groups in total. The van der Waals surface area contributed by atoms with E-state index in [1.54, 1.807) is 18.4 Å². The summed E-state index contributed by atoms with van der Waals surface area (Å²) < 4.78 is 5.23. The third-order valence-electron chi connectivity index (χ3n) is 6.24. The monoisotopic (exact) mass is 496 g/mol. The molecule has 0 radical (unpaired) electrons. The minimum absolute atomic E-state index is 0.0597. The molecule has 3 aromatic rings. The maximum Gasteiger partial charge on any atom is 0.264 e. The molecule has 1 saturated heterocycles. The van der Waals surface area contributed by atoms with Gasteiger partial charge in [0.2, 0.25) is 5.91 Å². The van der Waals surface area contributed by atoms with Gasteiger partial charge in [-0.2, -0.15) is 0 Å².